The molecule has 5 heteroatoms. The summed E-state index contributed by atoms with van der Waals surface area (Å²) in [6.07, 6.45) is 0. The minimum atomic E-state index is 0. The van der Waals surface area contributed by atoms with Crippen LogP contribution in [-0.2, 0) is 32.7 Å². The third kappa shape index (κ3) is 17.7. The maximum absolute atomic E-state index is 0. The Balaban J connectivity index is 0. The molecule has 0 aromatic heterocycles. The molecule has 0 aromatic carbocycles. The predicted molar refractivity (Wildman–Crippen MR) is 19.3 cm³/mol. The molecule has 0 aliphatic rings. The molecule has 2 radical (unpaired) electrons. The van der Waals surface area contributed by atoms with Gasteiger partial charge in [0.2, 0.25) is 0 Å². The van der Waals surface area contributed by atoms with Crippen molar-refractivity contribution < 1.29 is 113 Å². The molecule has 0 amide bonds. The van der Waals surface area contributed by atoms with Gasteiger partial charge < -0.3 is 2.85 Å². The maximum Gasteiger partial charge on any atom is 0 e. The molecule has 0 aliphatic heterocycles. The Morgan fingerprint density at radius 2 is 1.20 bits per heavy atom. The minimum absolute atomic E-state index is 0. The smallest absolute Gasteiger partial charge is 0 e. The summed E-state index contributed by atoms with van der Waals surface area (Å²) in [5.74, 6) is 0. The first-order valence-electron chi connectivity index (χ1n) is 0. The Bertz CT molecular complexity index is 17.7. The van der Waals surface area contributed by atoms with Gasteiger partial charge in [-0.25, -0.2) is 0 Å². The van der Waals surface area contributed by atoms with Gasteiger partial charge in [0.15, 0.2) is 0 Å². The summed E-state index contributed by atoms with van der Waals surface area (Å²) in [6, 6.07) is 0. The Morgan fingerprint density at radius 3 is 1.20 bits per heavy atom. The van der Waals surface area contributed by atoms with Crippen molar-refractivity contribution >= 4 is 55.3 Å². The molecule has 0 heterocycles. The summed E-state index contributed by atoms with van der Waals surface area (Å²) in [4.78, 5) is 0. The predicted octanol–water partition coefficient (Wildman–Crippen LogP) is -1.61. The van der Waals surface area contributed by atoms with Crippen LogP contribution in [0.1, 0.15) is 2.85 Å². The number of hydrogen-bond donors (Lipinski definition) is 0. The van der Waals surface area contributed by atoms with Crippen LogP contribution in [0.2, 0.25) is 0 Å². The zero-order valence-electron chi connectivity index (χ0n) is 3.95. The molecule has 0 atom stereocenters. The third-order valence-corrected chi connectivity index (χ3v) is 0. The van der Waals surface area contributed by atoms with Crippen LogP contribution in [0.15, 0.2) is 0 Å². The van der Waals surface area contributed by atoms with E-state index in [1.54, 1.807) is 0 Å². The Kier molecular flexibility index (Phi) is 142. The molecular formula is H6CaGeLuSmY. The molecule has 0 rings (SSSR count). The summed E-state index contributed by atoms with van der Waals surface area (Å²) < 4.78 is 0. The molecule has 0 saturated heterocycles. The molecule has 0 aliphatic carbocycles. The SMILES string of the molecule is [Ca+2].[GeH4].[H-].[H-].[Lu].[Sm].[Y]. The molecule has 0 N–H and O–H groups in total. The van der Waals surface area contributed by atoms with E-state index in [0.29, 0.717) is 0 Å². The largest absolute Gasteiger partial charge is 1.00 e. The zero-order valence-corrected chi connectivity index (χ0v) is 11.3. The molecule has 0 bridgehead atoms. The van der Waals surface area contributed by atoms with Gasteiger partial charge in [-0.15, -0.1) is 0 Å². The van der Waals surface area contributed by atoms with Gasteiger partial charge >= 0.3 is 55.3 Å². The molecule has 5 heavy (non-hydrogen) atoms. The van der Waals surface area contributed by atoms with Crippen LogP contribution < -0.4 is 0 Å². The van der Waals surface area contributed by atoms with Gasteiger partial charge in [0.1, 0.15) is 0 Å². The Labute approximate surface area is 163 Å². The number of hydrogen-bond acceptors (Lipinski definition) is 0. The quantitative estimate of drug-likeness (QED) is 0.330. The first-order valence-corrected chi connectivity index (χ1v) is 0. The summed E-state index contributed by atoms with van der Waals surface area (Å²) in [5.41, 5.74) is 0. The van der Waals surface area contributed by atoms with Crippen LogP contribution in [0.3, 0.4) is 0 Å². The van der Waals surface area contributed by atoms with E-state index < -0.39 is 0 Å². The second kappa shape index (κ2) is 22.7. The normalized spacial score (nSPS) is 0. The van der Waals surface area contributed by atoms with Crippen molar-refractivity contribution in [1.82, 2.24) is 0 Å². The van der Waals surface area contributed by atoms with Crippen molar-refractivity contribution in [1.29, 1.82) is 0 Å². The van der Waals surface area contributed by atoms with E-state index in [1.807, 2.05) is 0 Å². The molecule has 0 spiro atoms. The van der Waals surface area contributed by atoms with Crippen molar-refractivity contribution in [2.45, 2.75) is 0 Å². The summed E-state index contributed by atoms with van der Waals surface area (Å²) in [5, 5.41) is 0. The summed E-state index contributed by atoms with van der Waals surface area (Å²) >= 11 is 0. The van der Waals surface area contributed by atoms with E-state index in [0.717, 1.165) is 0 Å². The average Bonchev–Trinajstić information content (AvgIpc) is 0. The fourth-order valence-corrected chi connectivity index (χ4v) is 0. The van der Waals surface area contributed by atoms with Crippen molar-refractivity contribution in [2.24, 2.45) is 0 Å². The van der Waals surface area contributed by atoms with Gasteiger partial charge in [-0.3, -0.25) is 0 Å². The van der Waals surface area contributed by atoms with E-state index in [1.165, 1.54) is 0 Å². The fourth-order valence-electron chi connectivity index (χ4n) is 0. The fraction of sp³-hybridized carbons (Fsp3) is 0. The second-order valence-electron chi connectivity index (χ2n) is 0. The Hall–Kier alpha value is 5.48. The third-order valence-electron chi connectivity index (χ3n) is 0. The second-order valence-corrected chi connectivity index (χ2v) is 0. The van der Waals surface area contributed by atoms with Crippen LogP contribution in [0, 0.1) is 77.3 Å². The molecule has 0 aromatic rings. The van der Waals surface area contributed by atoms with Crippen molar-refractivity contribution in [3.05, 3.63) is 0 Å². The van der Waals surface area contributed by atoms with E-state index >= 15 is 0 Å². The molecule has 36 valence electrons. The van der Waals surface area contributed by atoms with Gasteiger partial charge in [0.25, 0.3) is 0 Å². The zero-order chi connectivity index (χ0) is 0. The summed E-state index contributed by atoms with van der Waals surface area (Å²) in [6.45, 7) is 0. The van der Waals surface area contributed by atoms with Crippen LogP contribution in [0.25, 0.3) is 0 Å². The molecular weight excluding hydrogens is 527 g/mol. The van der Waals surface area contributed by atoms with Gasteiger partial charge in [0, 0.05) is 110 Å². The average molecular weight is 533 g/mol. The van der Waals surface area contributed by atoms with E-state index in [-0.39, 0.29) is 168 Å². The first-order chi connectivity index (χ1) is 0. The topological polar surface area (TPSA) is 0 Å². The van der Waals surface area contributed by atoms with Gasteiger partial charge in [-0.1, -0.05) is 0 Å². The van der Waals surface area contributed by atoms with Crippen LogP contribution in [-0.4, -0.2) is 55.3 Å². The number of rotatable bonds is 0. The first kappa shape index (κ1) is 31.4. The van der Waals surface area contributed by atoms with E-state index in [2.05, 4.69) is 0 Å². The van der Waals surface area contributed by atoms with Gasteiger partial charge in [-0.05, 0) is 0 Å². The maximum atomic E-state index is 0. The molecule has 0 saturated carbocycles. The molecule has 0 fully saturated rings. The van der Waals surface area contributed by atoms with Crippen molar-refractivity contribution in [2.75, 3.05) is 0 Å². The minimum Gasteiger partial charge on any atom is -1.00 e. The standard InChI is InChI=1S/Ca.GeH4.Lu.Sm.Y.2H/h;1H4;;;;;/q+2;;;;;2*-1. The van der Waals surface area contributed by atoms with Crippen LogP contribution in [0.5, 0.6) is 0 Å². The molecule has 0 nitrogen and oxygen atoms in total. The molecule has 0 unspecified atom stereocenters. The van der Waals surface area contributed by atoms with Crippen molar-refractivity contribution in [3.63, 3.8) is 0 Å². The van der Waals surface area contributed by atoms with Crippen LogP contribution >= 0.6 is 0 Å². The van der Waals surface area contributed by atoms with Crippen LogP contribution in [0.4, 0.5) is 0 Å². The van der Waals surface area contributed by atoms with Crippen molar-refractivity contribution in [3.8, 4) is 0 Å². The monoisotopic (exact) mass is 536 g/mol. The van der Waals surface area contributed by atoms with Gasteiger partial charge in [-0.2, -0.15) is 0 Å². The van der Waals surface area contributed by atoms with E-state index in [9.17, 15) is 0 Å². The van der Waals surface area contributed by atoms with E-state index in [4.69, 9.17) is 0 Å². The Morgan fingerprint density at radius 1 is 1.20 bits per heavy atom. The van der Waals surface area contributed by atoms with Gasteiger partial charge in [0.05, 0.1) is 0 Å². The summed E-state index contributed by atoms with van der Waals surface area (Å²) in [7, 11) is 0.